The highest BCUT2D eigenvalue weighted by molar-refractivity contribution is 7.12. The molecule has 1 heterocycles. The van der Waals surface area contributed by atoms with Crippen LogP contribution in [-0.4, -0.2) is 16.1 Å². The summed E-state index contributed by atoms with van der Waals surface area (Å²) in [5.74, 6) is -0.339. The van der Waals surface area contributed by atoms with Crippen LogP contribution in [0, 0.1) is 0 Å². The third kappa shape index (κ3) is 1.82. The average molecular weight is 259 g/mol. The van der Waals surface area contributed by atoms with E-state index in [0.717, 1.165) is 12.1 Å². The molecule has 0 saturated heterocycles. The maximum Gasteiger partial charge on any atom is 0.310 e. The normalized spacial score (nSPS) is 17.1. The summed E-state index contributed by atoms with van der Waals surface area (Å²) in [6.07, 6.45) is 0.984. The highest BCUT2D eigenvalue weighted by Gasteiger charge is 2.25. The van der Waals surface area contributed by atoms with Crippen molar-refractivity contribution in [3.05, 3.63) is 39.7 Å². The van der Waals surface area contributed by atoms with Crippen molar-refractivity contribution in [3.63, 3.8) is 0 Å². The average Bonchev–Trinajstić information content (AvgIpc) is 2.71. The van der Waals surface area contributed by atoms with E-state index >= 15 is 0 Å². The van der Waals surface area contributed by atoms with Gasteiger partial charge in [0, 0.05) is 10.4 Å². The van der Waals surface area contributed by atoms with E-state index in [1.54, 1.807) is 0 Å². The number of hydrogen-bond donors (Lipinski definition) is 1. The zero-order valence-corrected chi connectivity index (χ0v) is 10.8. The van der Waals surface area contributed by atoms with Gasteiger partial charge < -0.3 is 5.11 Å². The fraction of sp³-hybridized carbons (Fsp3) is 0.286. The monoisotopic (exact) mass is 259 g/mol. The first-order valence-electron chi connectivity index (χ1n) is 5.95. The van der Waals surface area contributed by atoms with Gasteiger partial charge in [0.1, 0.15) is 5.01 Å². The zero-order valence-electron chi connectivity index (χ0n) is 10.0. The van der Waals surface area contributed by atoms with E-state index < -0.39 is 5.97 Å². The van der Waals surface area contributed by atoms with Crippen LogP contribution >= 0.6 is 11.3 Å². The van der Waals surface area contributed by atoms with Crippen LogP contribution in [0.1, 0.15) is 28.3 Å². The molecule has 1 atom stereocenters. The summed E-state index contributed by atoms with van der Waals surface area (Å²) in [5.41, 5.74) is 3.47. The Morgan fingerprint density at radius 2 is 2.28 bits per heavy atom. The molecule has 1 aromatic carbocycles. The second kappa shape index (κ2) is 4.21. The highest BCUT2D eigenvalue weighted by Crippen LogP contribution is 2.41. The van der Waals surface area contributed by atoms with E-state index in [-0.39, 0.29) is 6.42 Å². The molecule has 0 fully saturated rings. The predicted molar refractivity (Wildman–Crippen MR) is 71.0 cm³/mol. The first kappa shape index (κ1) is 11.4. The van der Waals surface area contributed by atoms with Crippen molar-refractivity contribution in [1.29, 1.82) is 0 Å². The van der Waals surface area contributed by atoms with E-state index in [1.807, 2.05) is 12.1 Å². The Morgan fingerprint density at radius 3 is 3.06 bits per heavy atom. The number of carboxylic acid groups (broad SMARTS) is 1. The van der Waals surface area contributed by atoms with E-state index in [4.69, 9.17) is 5.11 Å². The Balaban J connectivity index is 2.10. The minimum atomic E-state index is -0.817. The zero-order chi connectivity index (χ0) is 12.7. The lowest BCUT2D eigenvalue weighted by atomic mass is 9.86. The molecule has 1 unspecified atom stereocenters. The fourth-order valence-electron chi connectivity index (χ4n) is 2.48. The Kier molecular flexibility index (Phi) is 2.67. The van der Waals surface area contributed by atoms with Gasteiger partial charge in [0.2, 0.25) is 0 Å². The van der Waals surface area contributed by atoms with Gasteiger partial charge in [-0.05, 0) is 17.9 Å². The van der Waals surface area contributed by atoms with Crippen LogP contribution in [0.2, 0.25) is 0 Å². The number of aromatic nitrogens is 1. The maximum atomic E-state index is 10.8. The van der Waals surface area contributed by atoms with E-state index in [2.05, 4.69) is 24.0 Å². The number of thiazole rings is 1. The summed E-state index contributed by atoms with van der Waals surface area (Å²) in [4.78, 5) is 16.5. The number of benzene rings is 1. The first-order valence-corrected chi connectivity index (χ1v) is 6.76. The minimum Gasteiger partial charge on any atom is -0.481 e. The van der Waals surface area contributed by atoms with Gasteiger partial charge >= 0.3 is 5.97 Å². The predicted octanol–water partition coefficient (Wildman–Crippen LogP) is 3.10. The molecule has 0 amide bonds. The number of rotatable bonds is 2. The smallest absolute Gasteiger partial charge is 0.310 e. The van der Waals surface area contributed by atoms with Crippen molar-refractivity contribution in [2.75, 3.05) is 0 Å². The molecule has 1 aliphatic rings. The van der Waals surface area contributed by atoms with Gasteiger partial charge in [0.25, 0.3) is 0 Å². The topological polar surface area (TPSA) is 50.2 Å². The van der Waals surface area contributed by atoms with Crippen LogP contribution in [-0.2, 0) is 17.6 Å². The number of fused-ring (bicyclic) bond motifs is 3. The van der Waals surface area contributed by atoms with Gasteiger partial charge in [-0.3, -0.25) is 4.79 Å². The third-order valence-corrected chi connectivity index (χ3v) is 4.36. The fourth-order valence-corrected chi connectivity index (χ4v) is 3.69. The SMILES string of the molecule is CC1Cc2sc(CC(=O)O)nc2-c2ccccc21. The molecule has 0 spiro atoms. The van der Waals surface area contributed by atoms with Crippen molar-refractivity contribution in [2.24, 2.45) is 0 Å². The lowest BCUT2D eigenvalue weighted by Gasteiger charge is -2.21. The number of nitrogens with zero attached hydrogens (tertiary/aromatic N) is 1. The molecule has 2 aromatic rings. The third-order valence-electron chi connectivity index (χ3n) is 3.28. The molecule has 0 saturated carbocycles. The summed E-state index contributed by atoms with van der Waals surface area (Å²) in [7, 11) is 0. The molecule has 3 rings (SSSR count). The Bertz CT molecular complexity index is 618. The van der Waals surface area contributed by atoms with Crippen molar-refractivity contribution in [1.82, 2.24) is 4.98 Å². The second-order valence-electron chi connectivity index (χ2n) is 4.64. The lowest BCUT2D eigenvalue weighted by Crippen LogP contribution is -2.06. The van der Waals surface area contributed by atoms with Crippen molar-refractivity contribution in [2.45, 2.75) is 25.7 Å². The molecule has 4 heteroatoms. The van der Waals surface area contributed by atoms with E-state index in [0.29, 0.717) is 10.9 Å². The molecular formula is C14H13NO2S. The Hall–Kier alpha value is -1.68. The van der Waals surface area contributed by atoms with Gasteiger partial charge in [-0.1, -0.05) is 31.2 Å². The first-order chi connectivity index (χ1) is 8.65. The number of carbonyl (C=O) groups is 1. The van der Waals surface area contributed by atoms with Crippen LogP contribution in [0.5, 0.6) is 0 Å². The van der Waals surface area contributed by atoms with E-state index in [9.17, 15) is 4.79 Å². The second-order valence-corrected chi connectivity index (χ2v) is 5.81. The van der Waals surface area contributed by atoms with Crippen LogP contribution in [0.3, 0.4) is 0 Å². The van der Waals surface area contributed by atoms with Gasteiger partial charge in [-0.25, -0.2) is 4.98 Å². The number of hydrogen-bond acceptors (Lipinski definition) is 3. The molecule has 0 aliphatic heterocycles. The van der Waals surface area contributed by atoms with Gasteiger partial charge in [0.15, 0.2) is 0 Å². The molecule has 1 aliphatic carbocycles. The standard InChI is InChI=1S/C14H13NO2S/c1-8-6-11-14(10-5-3-2-4-9(8)10)15-12(18-11)7-13(16)17/h2-5,8H,6-7H2,1H3,(H,16,17). The van der Waals surface area contributed by atoms with Crippen LogP contribution in [0.4, 0.5) is 0 Å². The molecule has 1 N–H and O–H groups in total. The summed E-state index contributed by atoms with van der Waals surface area (Å²) in [6.45, 7) is 2.21. The van der Waals surface area contributed by atoms with Crippen molar-refractivity contribution in [3.8, 4) is 11.3 Å². The molecule has 92 valence electrons. The van der Waals surface area contributed by atoms with Gasteiger partial charge in [0.05, 0.1) is 12.1 Å². The molecular weight excluding hydrogens is 246 g/mol. The largest absolute Gasteiger partial charge is 0.481 e. The molecule has 1 aromatic heterocycles. The van der Waals surface area contributed by atoms with Crippen LogP contribution in [0.15, 0.2) is 24.3 Å². The lowest BCUT2D eigenvalue weighted by molar-refractivity contribution is -0.136. The minimum absolute atomic E-state index is 0.0220. The Morgan fingerprint density at radius 1 is 1.50 bits per heavy atom. The molecule has 0 radical (unpaired) electrons. The van der Waals surface area contributed by atoms with Crippen molar-refractivity contribution < 1.29 is 9.90 Å². The van der Waals surface area contributed by atoms with Crippen molar-refractivity contribution >= 4 is 17.3 Å². The summed E-state index contributed by atoms with van der Waals surface area (Å²) >= 11 is 1.54. The van der Waals surface area contributed by atoms with Gasteiger partial charge in [-0.2, -0.15) is 0 Å². The quantitative estimate of drug-likeness (QED) is 0.901. The number of carboxylic acids is 1. The van der Waals surface area contributed by atoms with E-state index in [1.165, 1.54) is 27.3 Å². The molecule has 0 bridgehead atoms. The molecule has 18 heavy (non-hydrogen) atoms. The molecule has 3 nitrogen and oxygen atoms in total. The van der Waals surface area contributed by atoms with Crippen LogP contribution < -0.4 is 0 Å². The van der Waals surface area contributed by atoms with Crippen LogP contribution in [0.25, 0.3) is 11.3 Å². The Labute approximate surface area is 109 Å². The summed E-state index contributed by atoms with van der Waals surface area (Å²) < 4.78 is 0. The summed E-state index contributed by atoms with van der Waals surface area (Å²) in [5, 5.41) is 9.55. The maximum absolute atomic E-state index is 10.8. The summed E-state index contributed by atoms with van der Waals surface area (Å²) in [6, 6.07) is 8.27. The number of aliphatic carboxylic acids is 1. The highest BCUT2D eigenvalue weighted by atomic mass is 32.1. The van der Waals surface area contributed by atoms with Gasteiger partial charge in [-0.15, -0.1) is 11.3 Å².